The summed E-state index contributed by atoms with van der Waals surface area (Å²) in [4.78, 5) is 9.21. The van der Waals surface area contributed by atoms with Crippen LogP contribution in [0.25, 0.3) is 0 Å². The number of hydrogen-bond donors (Lipinski definition) is 1. The maximum atomic E-state index is 5.87. The number of anilines is 2. The second-order valence-corrected chi connectivity index (χ2v) is 5.65. The molecule has 19 heavy (non-hydrogen) atoms. The molecule has 5 nitrogen and oxygen atoms in total. The fourth-order valence-corrected chi connectivity index (χ4v) is 2.31. The Balaban J connectivity index is 2.20. The minimum atomic E-state index is 0.146. The fourth-order valence-electron chi connectivity index (χ4n) is 2.31. The summed E-state index contributed by atoms with van der Waals surface area (Å²) in [5.74, 6) is 1.48. The van der Waals surface area contributed by atoms with Gasteiger partial charge in [0.15, 0.2) is 0 Å². The third kappa shape index (κ3) is 2.92. The van der Waals surface area contributed by atoms with Gasteiger partial charge in [0.1, 0.15) is 5.82 Å². The third-order valence-corrected chi connectivity index (χ3v) is 3.80. The summed E-state index contributed by atoms with van der Waals surface area (Å²) in [5.41, 5.74) is 6.61. The maximum absolute atomic E-state index is 5.87. The maximum Gasteiger partial charge on any atom is 0.239 e. The van der Waals surface area contributed by atoms with Gasteiger partial charge in [-0.1, -0.05) is 0 Å². The average molecular weight is 264 g/mol. The Morgan fingerprint density at radius 2 is 2.11 bits per heavy atom. The smallest absolute Gasteiger partial charge is 0.239 e. The van der Waals surface area contributed by atoms with Gasteiger partial charge in [0, 0.05) is 25.2 Å². The van der Waals surface area contributed by atoms with Crippen molar-refractivity contribution in [1.82, 2.24) is 9.88 Å². The lowest BCUT2D eigenvalue weighted by Gasteiger charge is -2.45. The van der Waals surface area contributed by atoms with Gasteiger partial charge >= 0.3 is 0 Å². The summed E-state index contributed by atoms with van der Waals surface area (Å²) >= 11 is 0. The van der Waals surface area contributed by atoms with E-state index in [-0.39, 0.29) is 5.54 Å². The van der Waals surface area contributed by atoms with Crippen molar-refractivity contribution < 1.29 is 4.74 Å². The molecular formula is C14H24N4O. The molecular weight excluding hydrogens is 240 g/mol. The molecule has 0 saturated carbocycles. The topological polar surface area (TPSA) is 54.6 Å². The highest BCUT2D eigenvalue weighted by Crippen LogP contribution is 2.27. The average Bonchev–Trinajstić information content (AvgIpc) is 2.36. The molecule has 5 heteroatoms. The fraction of sp³-hybridized carbons (Fsp3) is 0.643. The van der Waals surface area contributed by atoms with Gasteiger partial charge in [-0.2, -0.15) is 4.98 Å². The first-order chi connectivity index (χ1) is 8.94. The number of pyridine rings is 1. The molecule has 0 atom stereocenters. The SMILES string of the molecule is CCOc1nc(N2CCN(C)C(C)(C)C2)ccc1N. The highest BCUT2D eigenvalue weighted by molar-refractivity contribution is 5.55. The van der Waals surface area contributed by atoms with Crippen LogP contribution in [-0.2, 0) is 0 Å². The number of nitrogens with zero attached hydrogens (tertiary/aromatic N) is 3. The number of rotatable bonds is 3. The first-order valence-electron chi connectivity index (χ1n) is 6.79. The van der Waals surface area contributed by atoms with Crippen LogP contribution in [0, 0.1) is 0 Å². The number of likely N-dealkylation sites (N-methyl/N-ethyl adjacent to an activating group) is 1. The molecule has 0 aliphatic carbocycles. The van der Waals surface area contributed by atoms with Gasteiger partial charge in [-0.3, -0.25) is 4.90 Å². The lowest BCUT2D eigenvalue weighted by atomic mass is 10.00. The van der Waals surface area contributed by atoms with Crippen molar-refractivity contribution in [3.8, 4) is 5.88 Å². The molecule has 0 unspecified atom stereocenters. The monoisotopic (exact) mass is 264 g/mol. The molecule has 1 saturated heterocycles. The highest BCUT2D eigenvalue weighted by Gasteiger charge is 2.31. The first kappa shape index (κ1) is 13.9. The van der Waals surface area contributed by atoms with Crippen LogP contribution in [0.2, 0.25) is 0 Å². The van der Waals surface area contributed by atoms with Crippen LogP contribution >= 0.6 is 0 Å². The molecule has 0 aromatic carbocycles. The van der Waals surface area contributed by atoms with Gasteiger partial charge in [0.25, 0.3) is 0 Å². The van der Waals surface area contributed by atoms with Crippen LogP contribution in [0.1, 0.15) is 20.8 Å². The lowest BCUT2D eigenvalue weighted by molar-refractivity contribution is 0.138. The molecule has 2 N–H and O–H groups in total. The minimum Gasteiger partial charge on any atom is -0.476 e. The molecule has 2 rings (SSSR count). The van der Waals surface area contributed by atoms with Crippen molar-refractivity contribution in [2.24, 2.45) is 0 Å². The molecule has 1 fully saturated rings. The second kappa shape index (κ2) is 5.25. The largest absolute Gasteiger partial charge is 0.476 e. The number of nitrogen functional groups attached to an aromatic ring is 1. The standard InChI is InChI=1S/C14H24N4O/c1-5-19-13-11(15)6-7-12(16-13)18-9-8-17(4)14(2,3)10-18/h6-7H,5,8-10,15H2,1-4H3. The molecule has 106 valence electrons. The van der Waals surface area contributed by atoms with E-state index in [2.05, 4.69) is 35.7 Å². The molecule has 1 aromatic heterocycles. The van der Waals surface area contributed by atoms with Crippen molar-refractivity contribution in [1.29, 1.82) is 0 Å². The van der Waals surface area contributed by atoms with E-state index in [9.17, 15) is 0 Å². The summed E-state index contributed by atoms with van der Waals surface area (Å²) in [6.45, 7) is 9.97. The number of hydrogen-bond acceptors (Lipinski definition) is 5. The van der Waals surface area contributed by atoms with Crippen molar-refractivity contribution >= 4 is 11.5 Å². The Morgan fingerprint density at radius 1 is 1.37 bits per heavy atom. The van der Waals surface area contributed by atoms with Crippen LogP contribution in [0.4, 0.5) is 11.5 Å². The Hall–Kier alpha value is -1.49. The van der Waals surface area contributed by atoms with Crippen LogP contribution in [0.5, 0.6) is 5.88 Å². The van der Waals surface area contributed by atoms with Gasteiger partial charge in [-0.25, -0.2) is 0 Å². The Labute approximate surface area is 115 Å². The highest BCUT2D eigenvalue weighted by atomic mass is 16.5. The van der Waals surface area contributed by atoms with Crippen molar-refractivity contribution in [2.75, 3.05) is 43.9 Å². The number of ether oxygens (including phenoxy) is 1. The van der Waals surface area contributed by atoms with Crippen LogP contribution in [-0.4, -0.2) is 48.7 Å². The van der Waals surface area contributed by atoms with Gasteiger partial charge in [-0.05, 0) is 40.0 Å². The Kier molecular flexibility index (Phi) is 3.85. The van der Waals surface area contributed by atoms with Crippen LogP contribution in [0.15, 0.2) is 12.1 Å². The van der Waals surface area contributed by atoms with E-state index < -0.39 is 0 Å². The number of aromatic nitrogens is 1. The van der Waals surface area contributed by atoms with E-state index in [1.165, 1.54) is 0 Å². The summed E-state index contributed by atoms with van der Waals surface area (Å²) in [5, 5.41) is 0. The van der Waals surface area contributed by atoms with Crippen molar-refractivity contribution in [3.63, 3.8) is 0 Å². The third-order valence-electron chi connectivity index (χ3n) is 3.80. The van der Waals surface area contributed by atoms with Gasteiger partial charge < -0.3 is 15.4 Å². The molecule has 1 aliphatic heterocycles. The molecule has 2 heterocycles. The van der Waals surface area contributed by atoms with E-state index in [0.717, 1.165) is 25.5 Å². The zero-order valence-corrected chi connectivity index (χ0v) is 12.3. The van der Waals surface area contributed by atoms with Crippen molar-refractivity contribution in [2.45, 2.75) is 26.3 Å². The van der Waals surface area contributed by atoms with Gasteiger partial charge in [0.2, 0.25) is 5.88 Å². The van der Waals surface area contributed by atoms with Crippen LogP contribution in [0.3, 0.4) is 0 Å². The zero-order chi connectivity index (χ0) is 14.0. The Bertz CT molecular complexity index is 447. The molecule has 1 aromatic rings. The Morgan fingerprint density at radius 3 is 2.74 bits per heavy atom. The summed E-state index contributed by atoms with van der Waals surface area (Å²) in [7, 11) is 2.17. The van der Waals surface area contributed by atoms with Crippen LogP contribution < -0.4 is 15.4 Å². The van der Waals surface area contributed by atoms with E-state index >= 15 is 0 Å². The lowest BCUT2D eigenvalue weighted by Crippen LogP contribution is -2.57. The quantitative estimate of drug-likeness (QED) is 0.898. The summed E-state index contributed by atoms with van der Waals surface area (Å²) < 4.78 is 5.47. The second-order valence-electron chi connectivity index (χ2n) is 5.65. The van der Waals surface area contributed by atoms with E-state index in [1.807, 2.05) is 19.1 Å². The molecule has 0 radical (unpaired) electrons. The molecule has 0 spiro atoms. The molecule has 0 bridgehead atoms. The van der Waals surface area contributed by atoms with E-state index in [1.54, 1.807) is 0 Å². The first-order valence-corrected chi connectivity index (χ1v) is 6.79. The molecule has 0 amide bonds. The van der Waals surface area contributed by atoms with E-state index in [0.29, 0.717) is 18.2 Å². The summed E-state index contributed by atoms with van der Waals surface area (Å²) in [6, 6.07) is 3.85. The summed E-state index contributed by atoms with van der Waals surface area (Å²) in [6.07, 6.45) is 0. The predicted octanol–water partition coefficient (Wildman–Crippen LogP) is 1.59. The zero-order valence-electron chi connectivity index (χ0n) is 12.3. The minimum absolute atomic E-state index is 0.146. The molecule has 1 aliphatic rings. The van der Waals surface area contributed by atoms with Crippen molar-refractivity contribution in [3.05, 3.63) is 12.1 Å². The normalized spacial score (nSPS) is 19.5. The van der Waals surface area contributed by atoms with E-state index in [4.69, 9.17) is 10.5 Å². The number of piperazine rings is 1. The number of nitrogens with two attached hydrogens (primary N) is 1. The van der Waals surface area contributed by atoms with Gasteiger partial charge in [-0.15, -0.1) is 0 Å². The predicted molar refractivity (Wildman–Crippen MR) is 78.7 cm³/mol. The van der Waals surface area contributed by atoms with Gasteiger partial charge in [0.05, 0.1) is 12.3 Å².